The van der Waals surface area contributed by atoms with Gasteiger partial charge >= 0.3 is 0 Å². The minimum atomic E-state index is 0.133. The van der Waals surface area contributed by atoms with Crippen molar-refractivity contribution < 1.29 is 10.2 Å². The average molecular weight is 328 g/mol. The zero-order valence-electron chi connectivity index (χ0n) is 15.8. The summed E-state index contributed by atoms with van der Waals surface area (Å²) >= 11 is 0. The first kappa shape index (κ1) is 17.4. The highest BCUT2D eigenvalue weighted by Gasteiger charge is 2.55. The minimum absolute atomic E-state index is 0.133. The van der Waals surface area contributed by atoms with Gasteiger partial charge in [0.1, 0.15) is 11.5 Å². The summed E-state index contributed by atoms with van der Waals surface area (Å²) in [6.07, 6.45) is 7.86. The minimum Gasteiger partial charge on any atom is -0.507 e. The molecule has 2 bridgehead atoms. The maximum atomic E-state index is 10.9. The number of benzene rings is 1. The molecule has 0 amide bonds. The van der Waals surface area contributed by atoms with Crippen molar-refractivity contribution >= 4 is 0 Å². The Morgan fingerprint density at radius 1 is 1.17 bits per heavy atom. The quantitative estimate of drug-likeness (QED) is 0.526. The third-order valence-corrected chi connectivity index (χ3v) is 6.83. The SMILES string of the molecule is CCCCCc1cc(O)c([C@@H]2C=C(C)C3CC2C3(C)C)c(O)c1C. The topological polar surface area (TPSA) is 40.5 Å². The first-order valence-corrected chi connectivity index (χ1v) is 9.51. The predicted molar refractivity (Wildman–Crippen MR) is 99.6 cm³/mol. The van der Waals surface area contributed by atoms with Gasteiger partial charge in [-0.25, -0.2) is 0 Å². The molecule has 3 aliphatic carbocycles. The Hall–Kier alpha value is -1.44. The highest BCUT2D eigenvalue weighted by atomic mass is 16.3. The van der Waals surface area contributed by atoms with Gasteiger partial charge < -0.3 is 10.2 Å². The van der Waals surface area contributed by atoms with Crippen LogP contribution >= 0.6 is 0 Å². The number of phenols is 2. The van der Waals surface area contributed by atoms with Crippen molar-refractivity contribution in [3.63, 3.8) is 0 Å². The first-order valence-electron chi connectivity index (χ1n) is 9.51. The maximum absolute atomic E-state index is 10.9. The molecule has 0 aromatic heterocycles. The molecule has 1 aromatic rings. The number of unbranched alkanes of at least 4 members (excludes halogenated alkanes) is 2. The Bertz CT molecular complexity index is 669. The molecule has 0 heterocycles. The number of hydrogen-bond donors (Lipinski definition) is 2. The van der Waals surface area contributed by atoms with Gasteiger partial charge in [0, 0.05) is 11.5 Å². The third kappa shape index (κ3) is 2.55. The van der Waals surface area contributed by atoms with Crippen molar-refractivity contribution in [1.29, 1.82) is 0 Å². The van der Waals surface area contributed by atoms with Crippen LogP contribution < -0.4 is 0 Å². The summed E-state index contributed by atoms with van der Waals surface area (Å²) in [5.74, 6) is 1.90. The van der Waals surface area contributed by atoms with Gasteiger partial charge in [-0.15, -0.1) is 0 Å². The van der Waals surface area contributed by atoms with Gasteiger partial charge in [-0.3, -0.25) is 0 Å². The van der Waals surface area contributed by atoms with Crippen molar-refractivity contribution in [2.24, 2.45) is 17.3 Å². The molecule has 4 rings (SSSR count). The van der Waals surface area contributed by atoms with Crippen LogP contribution in [0.1, 0.15) is 76.0 Å². The molecule has 2 N–H and O–H groups in total. The van der Waals surface area contributed by atoms with Crippen molar-refractivity contribution in [3.8, 4) is 11.5 Å². The molecule has 3 atom stereocenters. The van der Waals surface area contributed by atoms with Crippen molar-refractivity contribution in [2.75, 3.05) is 0 Å². The molecular weight excluding hydrogens is 296 g/mol. The molecule has 1 saturated carbocycles. The van der Waals surface area contributed by atoms with E-state index in [-0.39, 0.29) is 17.1 Å². The van der Waals surface area contributed by atoms with Crippen LogP contribution in [0.3, 0.4) is 0 Å². The van der Waals surface area contributed by atoms with E-state index in [0.717, 1.165) is 29.5 Å². The second-order valence-corrected chi connectivity index (χ2v) is 8.55. The van der Waals surface area contributed by atoms with Crippen LogP contribution in [-0.4, -0.2) is 10.2 Å². The van der Waals surface area contributed by atoms with Gasteiger partial charge in [-0.1, -0.05) is 45.3 Å². The number of aryl methyl sites for hydroxylation is 1. The van der Waals surface area contributed by atoms with Gasteiger partial charge in [-0.05, 0) is 67.6 Å². The first-order chi connectivity index (χ1) is 11.3. The summed E-state index contributed by atoms with van der Waals surface area (Å²) < 4.78 is 0. The highest BCUT2D eigenvalue weighted by Crippen LogP contribution is 2.65. The lowest BCUT2D eigenvalue weighted by molar-refractivity contribution is -0.0198. The van der Waals surface area contributed by atoms with Gasteiger partial charge in [0.15, 0.2) is 0 Å². The summed E-state index contributed by atoms with van der Waals surface area (Å²) in [6.45, 7) is 11.0. The Balaban J connectivity index is 1.97. The van der Waals surface area contributed by atoms with E-state index >= 15 is 0 Å². The van der Waals surface area contributed by atoms with Crippen LogP contribution in [0.15, 0.2) is 17.7 Å². The predicted octanol–water partition coefficient (Wildman–Crippen LogP) is 5.84. The van der Waals surface area contributed by atoms with E-state index in [9.17, 15) is 10.2 Å². The fraction of sp³-hybridized carbons (Fsp3) is 0.636. The molecule has 0 radical (unpaired) electrons. The second-order valence-electron chi connectivity index (χ2n) is 8.55. The highest BCUT2D eigenvalue weighted by molar-refractivity contribution is 5.56. The Morgan fingerprint density at radius 3 is 2.46 bits per heavy atom. The summed E-state index contributed by atoms with van der Waals surface area (Å²) in [5, 5.41) is 21.6. The molecule has 1 fully saturated rings. The maximum Gasteiger partial charge on any atom is 0.126 e. The van der Waals surface area contributed by atoms with Gasteiger partial charge in [0.2, 0.25) is 0 Å². The fourth-order valence-electron chi connectivity index (χ4n) is 5.12. The van der Waals surface area contributed by atoms with Crippen LogP contribution in [0.2, 0.25) is 0 Å². The van der Waals surface area contributed by atoms with E-state index in [0.29, 0.717) is 17.6 Å². The summed E-state index contributed by atoms with van der Waals surface area (Å²) in [4.78, 5) is 0. The second kappa shape index (κ2) is 6.13. The van der Waals surface area contributed by atoms with Crippen LogP contribution in [0.5, 0.6) is 11.5 Å². The molecule has 0 aliphatic heterocycles. The van der Waals surface area contributed by atoms with E-state index in [4.69, 9.17) is 0 Å². The Morgan fingerprint density at radius 2 is 1.88 bits per heavy atom. The lowest BCUT2D eigenvalue weighted by Crippen LogP contribution is -2.50. The normalized spacial score (nSPS) is 27.5. The van der Waals surface area contributed by atoms with Gasteiger partial charge in [0.05, 0.1) is 0 Å². The van der Waals surface area contributed by atoms with Crippen LogP contribution in [-0.2, 0) is 6.42 Å². The number of hydrogen-bond acceptors (Lipinski definition) is 2. The van der Waals surface area contributed by atoms with E-state index in [2.05, 4.69) is 33.8 Å². The van der Waals surface area contributed by atoms with Crippen LogP contribution in [0.4, 0.5) is 0 Å². The van der Waals surface area contributed by atoms with Crippen molar-refractivity contribution in [2.45, 2.75) is 72.6 Å². The zero-order chi connectivity index (χ0) is 17.6. The summed E-state index contributed by atoms with van der Waals surface area (Å²) in [7, 11) is 0. The molecule has 2 nitrogen and oxygen atoms in total. The molecular formula is C22H32O2. The van der Waals surface area contributed by atoms with Crippen LogP contribution in [0.25, 0.3) is 0 Å². The Kier molecular flexibility index (Phi) is 4.44. The summed E-state index contributed by atoms with van der Waals surface area (Å²) in [5.41, 5.74) is 4.46. The van der Waals surface area contributed by atoms with Crippen molar-refractivity contribution in [3.05, 3.63) is 34.4 Å². The van der Waals surface area contributed by atoms with E-state index in [1.807, 2.05) is 13.0 Å². The average Bonchev–Trinajstić information content (AvgIpc) is 2.51. The molecule has 2 heteroatoms. The smallest absolute Gasteiger partial charge is 0.126 e. The lowest BCUT2D eigenvalue weighted by atomic mass is 9.45. The number of fused-ring (bicyclic) bond motifs is 1. The van der Waals surface area contributed by atoms with Gasteiger partial charge in [-0.2, -0.15) is 0 Å². The fourth-order valence-corrected chi connectivity index (χ4v) is 5.12. The van der Waals surface area contributed by atoms with E-state index < -0.39 is 0 Å². The van der Waals surface area contributed by atoms with E-state index in [1.165, 1.54) is 24.8 Å². The molecule has 24 heavy (non-hydrogen) atoms. The standard InChI is InChI=1S/C22H32O2/c1-6-7-8-9-15-11-19(23)20(21(24)14(15)3)16-10-13(2)17-12-18(16)22(17,4)5/h10-11,16-18,23-24H,6-9,12H2,1-5H3/t16-,17?,18?/m1/s1. The molecule has 3 aliphatic rings. The molecule has 132 valence electrons. The zero-order valence-corrected chi connectivity index (χ0v) is 15.8. The summed E-state index contributed by atoms with van der Waals surface area (Å²) in [6, 6.07) is 1.90. The number of allylic oxidation sites excluding steroid dienone is 2. The molecule has 0 spiro atoms. The lowest BCUT2D eigenvalue weighted by Gasteiger charge is -2.59. The van der Waals surface area contributed by atoms with Crippen LogP contribution in [0, 0.1) is 24.2 Å². The number of aromatic hydroxyl groups is 2. The van der Waals surface area contributed by atoms with E-state index in [1.54, 1.807) is 0 Å². The van der Waals surface area contributed by atoms with Crippen molar-refractivity contribution in [1.82, 2.24) is 0 Å². The number of rotatable bonds is 5. The third-order valence-electron chi connectivity index (χ3n) is 6.83. The monoisotopic (exact) mass is 328 g/mol. The molecule has 2 unspecified atom stereocenters. The molecule has 1 aromatic carbocycles. The van der Waals surface area contributed by atoms with Gasteiger partial charge in [0.25, 0.3) is 0 Å². The molecule has 0 saturated heterocycles. The largest absolute Gasteiger partial charge is 0.507 e. The number of phenolic OH excluding ortho intramolecular Hbond substituents is 2. The Labute approximate surface area is 146 Å².